The Morgan fingerprint density at radius 3 is 2.77 bits per heavy atom. The Morgan fingerprint density at radius 1 is 1.54 bits per heavy atom. The van der Waals surface area contributed by atoms with E-state index in [1.807, 2.05) is 6.92 Å². The lowest BCUT2D eigenvalue weighted by atomic mass is 9.87. The van der Waals surface area contributed by atoms with Crippen molar-refractivity contribution in [3.8, 4) is 0 Å². The van der Waals surface area contributed by atoms with Gasteiger partial charge in [0, 0.05) is 11.2 Å². The zero-order valence-corrected chi connectivity index (χ0v) is 9.01. The zero-order chi connectivity index (χ0) is 9.43. The van der Waals surface area contributed by atoms with Gasteiger partial charge < -0.3 is 0 Å². The van der Waals surface area contributed by atoms with Crippen molar-refractivity contribution in [3.05, 3.63) is 0 Å². The third-order valence-electron chi connectivity index (χ3n) is 4.03. The van der Waals surface area contributed by atoms with Gasteiger partial charge in [0.25, 0.3) is 10.1 Å². The molecule has 1 saturated heterocycles. The molecule has 3 rings (SSSR count). The Balaban J connectivity index is 2.18. The second kappa shape index (κ2) is 2.09. The van der Waals surface area contributed by atoms with E-state index in [1.54, 1.807) is 0 Å². The largest absolute Gasteiger partial charge is 0.273 e. The molecule has 0 aromatic rings. The monoisotopic (exact) mass is 220 g/mol. The summed E-state index contributed by atoms with van der Waals surface area (Å²) in [5.41, 5.74) is 0. The van der Waals surface area contributed by atoms with Gasteiger partial charge in [-0.05, 0) is 25.7 Å². The van der Waals surface area contributed by atoms with E-state index in [9.17, 15) is 8.42 Å². The van der Waals surface area contributed by atoms with Crippen LogP contribution in [0, 0.1) is 11.8 Å². The van der Waals surface area contributed by atoms with Crippen molar-refractivity contribution in [2.24, 2.45) is 11.8 Å². The topological polar surface area (TPSA) is 43.4 Å². The highest BCUT2D eigenvalue weighted by Crippen LogP contribution is 2.61. The van der Waals surface area contributed by atoms with Crippen LogP contribution >= 0.6 is 12.6 Å². The summed E-state index contributed by atoms with van der Waals surface area (Å²) in [6, 6.07) is 0. The third kappa shape index (κ3) is 0.758. The first-order valence-electron chi connectivity index (χ1n) is 4.56. The summed E-state index contributed by atoms with van der Waals surface area (Å²) in [6.07, 6.45) is 1.58. The second-order valence-electron chi connectivity index (χ2n) is 4.62. The van der Waals surface area contributed by atoms with Crippen molar-refractivity contribution in [3.63, 3.8) is 0 Å². The van der Waals surface area contributed by atoms with Gasteiger partial charge in [-0.15, -0.1) is 0 Å². The summed E-state index contributed by atoms with van der Waals surface area (Å²) in [7, 11) is -3.31. The number of rotatable bonds is 0. The quantitative estimate of drug-likeness (QED) is 0.485. The molecule has 2 bridgehead atoms. The molecule has 5 atom stereocenters. The summed E-state index contributed by atoms with van der Waals surface area (Å²) < 4.78 is 27.9. The number of thiol groups is 1. The minimum atomic E-state index is -3.31. The molecule has 0 aromatic heterocycles. The minimum Gasteiger partial charge on any atom is -0.265 e. The van der Waals surface area contributed by atoms with Crippen LogP contribution in [0.25, 0.3) is 0 Å². The molecule has 5 unspecified atom stereocenters. The van der Waals surface area contributed by atoms with Gasteiger partial charge in [-0.3, -0.25) is 4.18 Å². The van der Waals surface area contributed by atoms with Crippen molar-refractivity contribution in [2.75, 3.05) is 0 Å². The lowest BCUT2D eigenvalue weighted by Gasteiger charge is -2.26. The van der Waals surface area contributed by atoms with E-state index in [0.29, 0.717) is 5.92 Å². The second-order valence-corrected chi connectivity index (χ2v) is 7.25. The van der Waals surface area contributed by atoms with Gasteiger partial charge in [-0.1, -0.05) is 0 Å². The first-order valence-corrected chi connectivity index (χ1v) is 6.49. The molecule has 13 heavy (non-hydrogen) atoms. The van der Waals surface area contributed by atoms with Gasteiger partial charge in [-0.2, -0.15) is 21.0 Å². The highest BCUT2D eigenvalue weighted by Gasteiger charge is 2.69. The molecule has 3 fully saturated rings. The van der Waals surface area contributed by atoms with E-state index in [-0.39, 0.29) is 17.3 Å². The van der Waals surface area contributed by atoms with Crippen LogP contribution in [0.3, 0.4) is 0 Å². The predicted molar refractivity (Wildman–Crippen MR) is 51.2 cm³/mol. The van der Waals surface area contributed by atoms with Crippen LogP contribution in [0.4, 0.5) is 0 Å². The minimum absolute atomic E-state index is 0.135. The van der Waals surface area contributed by atoms with Gasteiger partial charge in [0.1, 0.15) is 4.75 Å². The molecule has 2 saturated carbocycles. The molecule has 0 amide bonds. The average Bonchev–Trinajstić information content (AvgIpc) is 2.53. The Labute approximate surface area is 83.4 Å². The maximum Gasteiger partial charge on any atom is 0.273 e. The molecule has 1 aliphatic heterocycles. The van der Waals surface area contributed by atoms with Crippen LogP contribution in [0.15, 0.2) is 0 Å². The van der Waals surface area contributed by atoms with Crippen LogP contribution in [-0.4, -0.2) is 24.5 Å². The van der Waals surface area contributed by atoms with Crippen molar-refractivity contribution < 1.29 is 12.6 Å². The summed E-state index contributed by atoms with van der Waals surface area (Å²) in [6.45, 7) is 1.83. The molecule has 5 heteroatoms. The van der Waals surface area contributed by atoms with Crippen molar-refractivity contribution in [1.29, 1.82) is 0 Å². The fourth-order valence-corrected chi connectivity index (χ4v) is 5.61. The van der Waals surface area contributed by atoms with E-state index in [2.05, 4.69) is 12.6 Å². The number of fused-ring (bicyclic) bond motifs is 1. The van der Waals surface area contributed by atoms with Crippen molar-refractivity contribution in [1.82, 2.24) is 0 Å². The van der Waals surface area contributed by atoms with Crippen LogP contribution in [0.2, 0.25) is 0 Å². The highest BCUT2D eigenvalue weighted by molar-refractivity contribution is 7.88. The lowest BCUT2D eigenvalue weighted by Crippen LogP contribution is -2.38. The predicted octanol–water partition coefficient (Wildman–Crippen LogP) is 0.812. The normalized spacial score (nSPS) is 61.7. The van der Waals surface area contributed by atoms with Gasteiger partial charge >= 0.3 is 0 Å². The molecule has 3 nitrogen and oxygen atoms in total. The van der Waals surface area contributed by atoms with Crippen molar-refractivity contribution in [2.45, 2.75) is 35.9 Å². The summed E-state index contributed by atoms with van der Waals surface area (Å²) in [5, 5.41) is 0.135. The van der Waals surface area contributed by atoms with Gasteiger partial charge in [-0.25, -0.2) is 0 Å². The molecule has 2 aliphatic carbocycles. The average molecular weight is 220 g/mol. The Bertz CT molecular complexity index is 364. The van der Waals surface area contributed by atoms with Crippen LogP contribution < -0.4 is 0 Å². The van der Waals surface area contributed by atoms with E-state index in [0.717, 1.165) is 12.8 Å². The zero-order valence-electron chi connectivity index (χ0n) is 7.30. The molecular formula is C8H12O3S2. The Morgan fingerprint density at radius 2 is 2.23 bits per heavy atom. The van der Waals surface area contributed by atoms with Crippen LogP contribution in [0.1, 0.15) is 19.8 Å². The molecule has 0 aromatic carbocycles. The summed E-state index contributed by atoms with van der Waals surface area (Å²) >= 11 is 4.43. The van der Waals surface area contributed by atoms with E-state index in [4.69, 9.17) is 4.18 Å². The molecule has 0 radical (unpaired) electrons. The van der Waals surface area contributed by atoms with Crippen molar-refractivity contribution >= 4 is 22.7 Å². The van der Waals surface area contributed by atoms with Gasteiger partial charge in [0.15, 0.2) is 0 Å². The first kappa shape index (κ1) is 8.56. The van der Waals surface area contributed by atoms with E-state index < -0.39 is 14.9 Å². The number of hydrogen-bond donors (Lipinski definition) is 1. The molecule has 1 heterocycles. The smallest absolute Gasteiger partial charge is 0.265 e. The molecule has 3 aliphatic rings. The van der Waals surface area contributed by atoms with Gasteiger partial charge in [0.05, 0.1) is 6.10 Å². The van der Waals surface area contributed by atoms with Crippen LogP contribution in [0.5, 0.6) is 0 Å². The van der Waals surface area contributed by atoms with E-state index >= 15 is 0 Å². The SMILES string of the molecule is CC12CC3CC1C(OS2(=O)=O)C3S. The Hall–Kier alpha value is 0.260. The lowest BCUT2D eigenvalue weighted by molar-refractivity contribution is 0.191. The number of hydrogen-bond acceptors (Lipinski definition) is 4. The molecular weight excluding hydrogens is 208 g/mol. The molecule has 74 valence electrons. The fraction of sp³-hybridized carbons (Fsp3) is 1.00. The van der Waals surface area contributed by atoms with Crippen LogP contribution in [-0.2, 0) is 14.3 Å². The molecule has 0 spiro atoms. The Kier molecular flexibility index (Phi) is 1.38. The fourth-order valence-electron chi connectivity index (χ4n) is 3.25. The summed E-state index contributed by atoms with van der Waals surface area (Å²) in [4.78, 5) is 0. The maximum absolute atomic E-state index is 11.7. The standard InChI is InChI=1S/C8H12O3S2/c1-8-3-4-2-5(8)6(7(4)12)11-13(8,9)10/h4-7,12H,2-3H2,1H3. The highest BCUT2D eigenvalue weighted by atomic mass is 32.2. The molecule has 0 N–H and O–H groups in total. The van der Waals surface area contributed by atoms with E-state index in [1.165, 1.54) is 0 Å². The third-order valence-corrected chi connectivity index (χ3v) is 6.84. The maximum atomic E-state index is 11.7. The first-order chi connectivity index (χ1) is 5.96. The summed E-state index contributed by atoms with van der Waals surface area (Å²) in [5.74, 6) is 0.644. The van der Waals surface area contributed by atoms with Gasteiger partial charge in [0.2, 0.25) is 0 Å².